The Morgan fingerprint density at radius 3 is 0.846 bits per heavy atom. The molecule has 1 radical (unpaired) electrons. The predicted molar refractivity (Wildman–Crippen MR) is 75.8 cm³/mol. The third kappa shape index (κ3) is 2.46. The van der Waals surface area contributed by atoms with E-state index in [0.29, 0.717) is 0 Å². The zero-order chi connectivity index (χ0) is 11.1. The van der Waals surface area contributed by atoms with Crippen LogP contribution in [-0.2, 0) is 0 Å². The van der Waals surface area contributed by atoms with Gasteiger partial charge in [-0.05, 0) is 0 Å². The first kappa shape index (κ1) is 13.9. The van der Waals surface area contributed by atoms with Gasteiger partial charge in [-0.15, -0.1) is 0 Å². The molecule has 0 saturated carbocycles. The molecule has 0 heterocycles. The van der Waals surface area contributed by atoms with Crippen LogP contribution >= 0.6 is 0 Å². The normalized spacial score (nSPS) is 15.2. The largest absolute Gasteiger partial charge is 0.0748 e. The molecule has 0 rings (SSSR count). The number of hydrogen-bond acceptors (Lipinski definition) is 0. The third-order valence-corrected chi connectivity index (χ3v) is 72.0. The van der Waals surface area contributed by atoms with E-state index >= 15 is 0 Å². The summed E-state index contributed by atoms with van der Waals surface area (Å²) in [7, 11) is -1.75. The summed E-state index contributed by atoms with van der Waals surface area (Å²) < 4.78 is 0. The minimum Gasteiger partial charge on any atom is -0.0748 e. The highest BCUT2D eigenvalue weighted by molar-refractivity contribution is 7.86. The standard InChI is InChI=1S/C9H27Si4/c1-10(2)13(9,11(3,4)5)12(6,7)8/h1-9H3. The van der Waals surface area contributed by atoms with Gasteiger partial charge in [0, 0.05) is 30.1 Å². The molecule has 0 unspecified atom stereocenters. The second-order valence-electron chi connectivity index (χ2n) is 6.62. The molecule has 0 aliphatic carbocycles. The molecule has 0 N–H and O–H groups in total. The lowest BCUT2D eigenvalue weighted by molar-refractivity contribution is 1.75. The van der Waals surface area contributed by atoms with Gasteiger partial charge in [0.2, 0.25) is 0 Å². The Morgan fingerprint density at radius 1 is 0.615 bits per heavy atom. The highest BCUT2D eigenvalue weighted by Gasteiger charge is 2.52. The van der Waals surface area contributed by atoms with Crippen molar-refractivity contribution in [2.75, 3.05) is 0 Å². The Balaban J connectivity index is 5.22. The van der Waals surface area contributed by atoms with Gasteiger partial charge in [0.15, 0.2) is 0 Å². The molecule has 79 valence electrons. The Kier molecular flexibility index (Phi) is 4.04. The first-order chi connectivity index (χ1) is 5.44. The van der Waals surface area contributed by atoms with Crippen LogP contribution in [0, 0.1) is 0 Å². The van der Waals surface area contributed by atoms with Crippen molar-refractivity contribution in [3.8, 4) is 0 Å². The van der Waals surface area contributed by atoms with Gasteiger partial charge >= 0.3 is 0 Å². The molecule has 0 bridgehead atoms. The molecule has 0 nitrogen and oxygen atoms in total. The van der Waals surface area contributed by atoms with Crippen molar-refractivity contribution in [1.82, 2.24) is 0 Å². The Hall–Kier alpha value is 0.868. The van der Waals surface area contributed by atoms with Crippen molar-refractivity contribution in [2.24, 2.45) is 0 Å². The summed E-state index contributed by atoms with van der Waals surface area (Å²) in [6, 6.07) is 0. The van der Waals surface area contributed by atoms with E-state index in [9.17, 15) is 0 Å². The Morgan fingerprint density at radius 2 is 0.846 bits per heavy atom. The maximum absolute atomic E-state index is 2.74. The summed E-state index contributed by atoms with van der Waals surface area (Å²) >= 11 is 0. The quantitative estimate of drug-likeness (QED) is 0.667. The summed E-state index contributed by atoms with van der Waals surface area (Å²) in [6.45, 7) is 22.8. The Bertz CT molecular complexity index is 159. The molecule has 0 aliphatic rings. The fourth-order valence-corrected chi connectivity index (χ4v) is 70.9. The third-order valence-electron chi connectivity index (χ3n) is 4.00. The van der Waals surface area contributed by atoms with Crippen molar-refractivity contribution in [2.45, 2.75) is 58.9 Å². The van der Waals surface area contributed by atoms with Crippen LogP contribution in [0.4, 0.5) is 0 Å². The fourth-order valence-electron chi connectivity index (χ4n) is 2.62. The molecular weight excluding hydrogens is 220 g/mol. The maximum Gasteiger partial charge on any atom is 0.0332 e. The molecule has 0 aromatic heterocycles. The van der Waals surface area contributed by atoms with Gasteiger partial charge in [-0.25, -0.2) is 0 Å². The van der Waals surface area contributed by atoms with Gasteiger partial charge in [0.05, 0.1) is 0 Å². The van der Waals surface area contributed by atoms with Crippen molar-refractivity contribution in [3.05, 3.63) is 0 Å². The molecule has 0 amide bonds. The molecule has 0 spiro atoms. The van der Waals surface area contributed by atoms with Gasteiger partial charge < -0.3 is 0 Å². The maximum atomic E-state index is 2.74. The zero-order valence-electron chi connectivity index (χ0n) is 11.0. The fraction of sp³-hybridized carbons (Fsp3) is 1.00. The van der Waals surface area contributed by atoms with Gasteiger partial charge in [-0.3, -0.25) is 0 Å². The smallest absolute Gasteiger partial charge is 0.0332 e. The molecule has 0 atom stereocenters. The van der Waals surface area contributed by atoms with E-state index in [1.807, 2.05) is 0 Å². The van der Waals surface area contributed by atoms with Crippen LogP contribution in [-0.4, -0.2) is 30.1 Å². The monoisotopic (exact) mass is 247 g/mol. The molecule has 4 heteroatoms. The van der Waals surface area contributed by atoms with Gasteiger partial charge in [0.25, 0.3) is 0 Å². The van der Waals surface area contributed by atoms with E-state index in [0.717, 1.165) is 0 Å². The van der Waals surface area contributed by atoms with E-state index in [4.69, 9.17) is 0 Å². The van der Waals surface area contributed by atoms with E-state index in [-0.39, 0.29) is 8.31 Å². The lowest BCUT2D eigenvalue weighted by Crippen LogP contribution is -2.76. The number of rotatable bonds is 3. The lowest BCUT2D eigenvalue weighted by atomic mass is 11.8. The molecule has 0 saturated heterocycles. The Labute approximate surface area is 89.1 Å². The first-order valence-electron chi connectivity index (χ1n) is 5.25. The van der Waals surface area contributed by atoms with Crippen molar-refractivity contribution >= 4 is 30.1 Å². The average Bonchev–Trinajstić information content (AvgIpc) is 1.80. The average molecular weight is 248 g/mol. The summed E-state index contributed by atoms with van der Waals surface area (Å²) in [5, 5.41) is 0. The van der Waals surface area contributed by atoms with Crippen LogP contribution in [0.15, 0.2) is 0 Å². The second kappa shape index (κ2) is 3.79. The van der Waals surface area contributed by atoms with Crippen molar-refractivity contribution in [3.63, 3.8) is 0 Å². The molecular formula is C9H27Si4. The van der Waals surface area contributed by atoms with Gasteiger partial charge in [-0.1, -0.05) is 58.9 Å². The summed E-state index contributed by atoms with van der Waals surface area (Å²) in [5.41, 5.74) is 0. The minimum atomic E-state index is -0.863. The summed E-state index contributed by atoms with van der Waals surface area (Å²) in [4.78, 5) is 0. The van der Waals surface area contributed by atoms with Crippen molar-refractivity contribution in [1.29, 1.82) is 0 Å². The molecule has 0 aliphatic heterocycles. The van der Waals surface area contributed by atoms with E-state index in [1.54, 1.807) is 0 Å². The first-order valence-corrected chi connectivity index (χ1v) is 20.2. The molecule has 13 heavy (non-hydrogen) atoms. The van der Waals surface area contributed by atoms with Gasteiger partial charge in [0.1, 0.15) is 0 Å². The van der Waals surface area contributed by atoms with Crippen LogP contribution in [0.1, 0.15) is 0 Å². The molecule has 0 aromatic carbocycles. The summed E-state index contributed by atoms with van der Waals surface area (Å²) in [6.07, 6.45) is 0. The number of hydrogen-bond donors (Lipinski definition) is 0. The van der Waals surface area contributed by atoms with Crippen LogP contribution < -0.4 is 0 Å². The van der Waals surface area contributed by atoms with Crippen LogP contribution in [0.3, 0.4) is 0 Å². The SMILES string of the molecule is C[Si](C)[Si](C)([Si](C)(C)C)[Si](C)(C)C. The lowest BCUT2D eigenvalue weighted by Gasteiger charge is -2.50. The zero-order valence-corrected chi connectivity index (χ0v) is 15.0. The van der Waals surface area contributed by atoms with Crippen LogP contribution in [0.25, 0.3) is 0 Å². The second-order valence-corrected chi connectivity index (χ2v) is 45.4. The van der Waals surface area contributed by atoms with Crippen LogP contribution in [0.5, 0.6) is 0 Å². The minimum absolute atomic E-state index is 0.0239. The predicted octanol–water partition coefficient (Wildman–Crippen LogP) is 3.73. The molecule has 0 fully saturated rings. The molecule has 0 aromatic rings. The highest BCUT2D eigenvalue weighted by Crippen LogP contribution is 2.30. The van der Waals surface area contributed by atoms with Gasteiger partial charge in [-0.2, -0.15) is 0 Å². The topological polar surface area (TPSA) is 0 Å². The van der Waals surface area contributed by atoms with Crippen molar-refractivity contribution < 1.29 is 0 Å². The summed E-state index contributed by atoms with van der Waals surface area (Å²) in [5.74, 6) is 0. The van der Waals surface area contributed by atoms with Crippen LogP contribution in [0.2, 0.25) is 58.9 Å². The van der Waals surface area contributed by atoms with E-state index in [2.05, 4.69) is 58.9 Å². The van der Waals surface area contributed by atoms with E-state index < -0.39 is 21.8 Å². The highest BCUT2D eigenvalue weighted by atomic mass is 29.9. The van der Waals surface area contributed by atoms with E-state index in [1.165, 1.54) is 0 Å².